The second kappa shape index (κ2) is 5.44. The molecule has 0 aliphatic heterocycles. The number of carbonyl (C=O) groups excluding carboxylic acids is 1. The number of carbonyl (C=O) groups is 2. The zero-order valence-corrected chi connectivity index (χ0v) is 12.2. The summed E-state index contributed by atoms with van der Waals surface area (Å²) in [5.41, 5.74) is 0.481. The predicted molar refractivity (Wildman–Crippen MR) is 78.5 cm³/mol. The van der Waals surface area contributed by atoms with Gasteiger partial charge in [0.1, 0.15) is 5.60 Å². The molecule has 0 saturated carbocycles. The Morgan fingerprint density at radius 2 is 1.76 bits per heavy atom. The summed E-state index contributed by atoms with van der Waals surface area (Å²) in [6.45, 7) is 5.33. The van der Waals surface area contributed by atoms with Gasteiger partial charge in [-0.25, -0.2) is 9.59 Å². The molecule has 0 unspecified atom stereocenters. The molecule has 0 atom stereocenters. The van der Waals surface area contributed by atoms with Crippen LogP contribution in [0, 0.1) is 0 Å². The van der Waals surface area contributed by atoms with Crippen molar-refractivity contribution in [2.45, 2.75) is 26.4 Å². The highest BCUT2D eigenvalue weighted by Crippen LogP contribution is 2.25. The molecule has 0 amide bonds. The number of ether oxygens (including phenoxy) is 1. The first-order valence-corrected chi connectivity index (χ1v) is 6.53. The summed E-state index contributed by atoms with van der Waals surface area (Å²) in [6.07, 6.45) is 1.02. The van der Waals surface area contributed by atoms with E-state index in [4.69, 9.17) is 4.74 Å². The Hall–Kier alpha value is -2.56. The third kappa shape index (κ3) is 3.31. The zero-order chi connectivity index (χ0) is 15.6. The molecule has 1 aromatic carbocycles. The largest absolute Gasteiger partial charge is 0.478 e. The van der Waals surface area contributed by atoms with Crippen molar-refractivity contribution in [2.75, 3.05) is 0 Å². The highest BCUT2D eigenvalue weighted by atomic mass is 16.6. The zero-order valence-electron chi connectivity index (χ0n) is 12.2. The van der Waals surface area contributed by atoms with Crippen molar-refractivity contribution in [3.63, 3.8) is 0 Å². The molecule has 1 N–H and O–H groups in total. The van der Waals surface area contributed by atoms with Crippen molar-refractivity contribution in [1.29, 1.82) is 0 Å². The van der Waals surface area contributed by atoms with Gasteiger partial charge in [0.2, 0.25) is 0 Å². The van der Waals surface area contributed by atoms with Crippen molar-refractivity contribution >= 4 is 12.1 Å². The fourth-order valence-corrected chi connectivity index (χ4v) is 1.96. The van der Waals surface area contributed by atoms with Crippen LogP contribution in [0.15, 0.2) is 42.6 Å². The van der Waals surface area contributed by atoms with Crippen LogP contribution in [0.1, 0.15) is 31.1 Å². The Morgan fingerprint density at radius 1 is 1.10 bits per heavy atom. The second-order valence-electron chi connectivity index (χ2n) is 5.59. The van der Waals surface area contributed by atoms with Crippen molar-refractivity contribution < 1.29 is 19.4 Å². The quantitative estimate of drug-likeness (QED) is 0.915. The molecule has 0 fully saturated rings. The summed E-state index contributed by atoms with van der Waals surface area (Å²) in [4.78, 5) is 23.5. The number of hydrogen-bond donors (Lipinski definition) is 1. The first-order valence-electron chi connectivity index (χ1n) is 6.53. The Balaban J connectivity index is 2.47. The van der Waals surface area contributed by atoms with Crippen LogP contribution in [0.3, 0.4) is 0 Å². The maximum atomic E-state index is 12.2. The summed E-state index contributed by atoms with van der Waals surface area (Å²) in [6, 6.07) is 9.91. The lowest BCUT2D eigenvalue weighted by molar-refractivity contribution is 0.0538. The molecule has 0 aliphatic rings. The summed E-state index contributed by atoms with van der Waals surface area (Å²) in [5.74, 6) is -1.04. The lowest BCUT2D eigenvalue weighted by atomic mass is 10.0. The van der Waals surface area contributed by atoms with Gasteiger partial charge in [0, 0.05) is 11.8 Å². The Bertz CT molecular complexity index is 680. The van der Waals surface area contributed by atoms with Gasteiger partial charge in [0.15, 0.2) is 0 Å². The molecular formula is C16H17NO4. The molecule has 5 nitrogen and oxygen atoms in total. The van der Waals surface area contributed by atoms with E-state index in [0.29, 0.717) is 11.3 Å². The molecule has 21 heavy (non-hydrogen) atoms. The second-order valence-corrected chi connectivity index (χ2v) is 5.59. The number of aromatic nitrogens is 1. The SMILES string of the molecule is CC(C)(C)OC(=O)n1cccc1-c1ccccc1C(=O)O. The van der Waals surface area contributed by atoms with Gasteiger partial charge in [-0.3, -0.25) is 4.57 Å². The molecule has 5 heteroatoms. The number of aromatic carboxylic acids is 1. The average molecular weight is 287 g/mol. The molecule has 0 aliphatic carbocycles. The maximum absolute atomic E-state index is 12.2. The molecule has 2 rings (SSSR count). The fraction of sp³-hybridized carbons (Fsp3) is 0.250. The van der Waals surface area contributed by atoms with Gasteiger partial charge in [-0.1, -0.05) is 18.2 Å². The number of carboxylic acids is 1. The van der Waals surface area contributed by atoms with Crippen LogP contribution in [0.2, 0.25) is 0 Å². The standard InChI is InChI=1S/C16H17NO4/c1-16(2,3)21-15(20)17-10-6-9-13(17)11-7-4-5-8-12(11)14(18)19/h4-10H,1-3H3,(H,18,19). The predicted octanol–water partition coefficient (Wildman–Crippen LogP) is 3.64. The van der Waals surface area contributed by atoms with Gasteiger partial charge < -0.3 is 9.84 Å². The van der Waals surface area contributed by atoms with E-state index < -0.39 is 17.7 Å². The minimum atomic E-state index is -1.04. The summed E-state index contributed by atoms with van der Waals surface area (Å²) >= 11 is 0. The van der Waals surface area contributed by atoms with E-state index in [2.05, 4.69) is 0 Å². The van der Waals surface area contributed by atoms with Gasteiger partial charge in [-0.2, -0.15) is 0 Å². The molecule has 0 saturated heterocycles. The molecule has 1 heterocycles. The van der Waals surface area contributed by atoms with Gasteiger partial charge in [-0.05, 0) is 39.0 Å². The molecule has 0 radical (unpaired) electrons. The van der Waals surface area contributed by atoms with Gasteiger partial charge in [0.25, 0.3) is 0 Å². The summed E-state index contributed by atoms with van der Waals surface area (Å²) in [7, 11) is 0. The van der Waals surface area contributed by atoms with Crippen LogP contribution >= 0.6 is 0 Å². The van der Waals surface area contributed by atoms with Crippen molar-refractivity contribution in [3.05, 3.63) is 48.2 Å². The average Bonchev–Trinajstić information content (AvgIpc) is 2.85. The van der Waals surface area contributed by atoms with E-state index in [1.54, 1.807) is 57.3 Å². The molecule has 0 spiro atoms. The van der Waals surface area contributed by atoms with Crippen LogP contribution in [0.5, 0.6) is 0 Å². The maximum Gasteiger partial charge on any atom is 0.418 e. The monoisotopic (exact) mass is 287 g/mol. The summed E-state index contributed by atoms with van der Waals surface area (Å²) in [5, 5.41) is 9.25. The topological polar surface area (TPSA) is 68.5 Å². The van der Waals surface area contributed by atoms with E-state index in [-0.39, 0.29) is 5.56 Å². The molecule has 2 aromatic rings. The Kier molecular flexibility index (Phi) is 3.84. The number of benzene rings is 1. The fourth-order valence-electron chi connectivity index (χ4n) is 1.96. The highest BCUT2D eigenvalue weighted by molar-refractivity contribution is 5.96. The Labute approximate surface area is 122 Å². The van der Waals surface area contributed by atoms with E-state index in [1.165, 1.54) is 10.6 Å². The molecule has 0 bridgehead atoms. The molecule has 110 valence electrons. The summed E-state index contributed by atoms with van der Waals surface area (Å²) < 4.78 is 6.63. The first-order chi connectivity index (χ1) is 9.79. The number of carboxylic acid groups (broad SMARTS) is 1. The number of rotatable bonds is 2. The van der Waals surface area contributed by atoms with Crippen LogP contribution in [-0.4, -0.2) is 27.3 Å². The lowest BCUT2D eigenvalue weighted by Crippen LogP contribution is -2.27. The first kappa shape index (κ1) is 14.8. The number of nitrogens with zero attached hydrogens (tertiary/aromatic N) is 1. The normalized spacial score (nSPS) is 11.2. The van der Waals surface area contributed by atoms with E-state index >= 15 is 0 Å². The van der Waals surface area contributed by atoms with E-state index in [0.717, 1.165) is 0 Å². The lowest BCUT2D eigenvalue weighted by Gasteiger charge is -2.20. The van der Waals surface area contributed by atoms with Crippen LogP contribution in [0.25, 0.3) is 11.3 Å². The van der Waals surface area contributed by atoms with Gasteiger partial charge >= 0.3 is 12.1 Å². The minimum absolute atomic E-state index is 0.140. The van der Waals surface area contributed by atoms with Gasteiger partial charge in [0.05, 0.1) is 11.3 Å². The van der Waals surface area contributed by atoms with Crippen LogP contribution in [0.4, 0.5) is 4.79 Å². The van der Waals surface area contributed by atoms with Crippen LogP contribution < -0.4 is 0 Å². The smallest absolute Gasteiger partial charge is 0.418 e. The van der Waals surface area contributed by atoms with Crippen molar-refractivity contribution in [1.82, 2.24) is 4.57 Å². The van der Waals surface area contributed by atoms with Crippen molar-refractivity contribution in [3.8, 4) is 11.3 Å². The van der Waals surface area contributed by atoms with Gasteiger partial charge in [-0.15, -0.1) is 0 Å². The third-order valence-electron chi connectivity index (χ3n) is 2.77. The number of hydrogen-bond acceptors (Lipinski definition) is 3. The van der Waals surface area contributed by atoms with E-state index in [1.807, 2.05) is 0 Å². The highest BCUT2D eigenvalue weighted by Gasteiger charge is 2.21. The Morgan fingerprint density at radius 3 is 2.38 bits per heavy atom. The molecule has 1 aromatic heterocycles. The molecular weight excluding hydrogens is 270 g/mol. The third-order valence-corrected chi connectivity index (χ3v) is 2.77. The van der Waals surface area contributed by atoms with Crippen molar-refractivity contribution in [2.24, 2.45) is 0 Å². The van der Waals surface area contributed by atoms with Crippen LogP contribution in [-0.2, 0) is 4.74 Å². The minimum Gasteiger partial charge on any atom is -0.478 e. The van der Waals surface area contributed by atoms with E-state index in [9.17, 15) is 14.7 Å².